The highest BCUT2D eigenvalue weighted by atomic mass is 16.6. The third-order valence-electron chi connectivity index (χ3n) is 2.95. The molecule has 22 heavy (non-hydrogen) atoms. The average molecular weight is 300 g/mol. The molecule has 0 unspecified atom stereocenters. The van der Waals surface area contributed by atoms with Gasteiger partial charge in [0.05, 0.1) is 16.3 Å². The van der Waals surface area contributed by atoms with Crippen LogP contribution in [-0.2, 0) is 0 Å². The third-order valence-corrected chi connectivity index (χ3v) is 2.95. The molecule has 7 nitrogen and oxygen atoms in total. The lowest BCUT2D eigenvalue weighted by Crippen LogP contribution is -2.21. The zero-order chi connectivity index (χ0) is 16.1. The molecule has 0 saturated carbocycles. The van der Waals surface area contributed by atoms with Gasteiger partial charge in [-0.3, -0.25) is 10.1 Å². The first-order valence-corrected chi connectivity index (χ1v) is 6.56. The molecule has 2 aromatic carbocycles. The molecule has 0 spiro atoms. The van der Waals surface area contributed by atoms with Crippen LogP contribution in [0.3, 0.4) is 0 Å². The van der Waals surface area contributed by atoms with Crippen molar-refractivity contribution in [3.05, 3.63) is 58.6 Å². The lowest BCUT2D eigenvalue weighted by Gasteiger charge is -2.18. The Kier molecular flexibility index (Phi) is 4.57. The molecule has 0 radical (unpaired) electrons. The number of anilines is 3. The van der Waals surface area contributed by atoms with Crippen LogP contribution in [0.1, 0.15) is 0 Å². The van der Waals surface area contributed by atoms with Crippen LogP contribution in [-0.4, -0.2) is 25.0 Å². The Morgan fingerprint density at radius 1 is 1.09 bits per heavy atom. The summed E-state index contributed by atoms with van der Waals surface area (Å²) in [5.74, 6) is 0. The molecule has 0 fully saturated rings. The van der Waals surface area contributed by atoms with Crippen LogP contribution in [0.2, 0.25) is 0 Å². The zero-order valence-corrected chi connectivity index (χ0v) is 12.2. The summed E-state index contributed by atoms with van der Waals surface area (Å²) in [5, 5.41) is 16.2. The Hall–Kier alpha value is -3.09. The maximum atomic E-state index is 12.0. The van der Waals surface area contributed by atoms with Crippen LogP contribution >= 0.6 is 0 Å². The van der Waals surface area contributed by atoms with Gasteiger partial charge in [-0.05, 0) is 18.2 Å². The van der Waals surface area contributed by atoms with Crippen molar-refractivity contribution in [2.24, 2.45) is 0 Å². The van der Waals surface area contributed by atoms with E-state index in [4.69, 9.17) is 0 Å². The molecule has 7 heteroatoms. The Bertz CT molecular complexity index is 686. The molecule has 0 aliphatic rings. The van der Waals surface area contributed by atoms with Gasteiger partial charge in [0.2, 0.25) is 0 Å². The average Bonchev–Trinajstić information content (AvgIpc) is 2.47. The number of hydrogen-bond acceptors (Lipinski definition) is 4. The van der Waals surface area contributed by atoms with Gasteiger partial charge in [-0.2, -0.15) is 0 Å². The van der Waals surface area contributed by atoms with E-state index in [0.29, 0.717) is 17.1 Å². The van der Waals surface area contributed by atoms with Crippen molar-refractivity contribution < 1.29 is 9.72 Å². The summed E-state index contributed by atoms with van der Waals surface area (Å²) >= 11 is 0. The summed E-state index contributed by atoms with van der Waals surface area (Å²) in [6.07, 6.45) is 0. The van der Waals surface area contributed by atoms with E-state index in [9.17, 15) is 14.9 Å². The number of amides is 2. The van der Waals surface area contributed by atoms with Gasteiger partial charge < -0.3 is 15.5 Å². The number of nitrogens with zero attached hydrogens (tertiary/aromatic N) is 2. The summed E-state index contributed by atoms with van der Waals surface area (Å²) in [5.41, 5.74) is 1.60. The van der Waals surface area contributed by atoms with Crippen molar-refractivity contribution in [2.75, 3.05) is 29.6 Å². The van der Waals surface area contributed by atoms with Crippen molar-refractivity contribution in [3.63, 3.8) is 0 Å². The number of para-hydroxylation sites is 1. The predicted octanol–water partition coefficient (Wildman–Crippen LogP) is 3.30. The van der Waals surface area contributed by atoms with Crippen LogP contribution in [0.25, 0.3) is 0 Å². The van der Waals surface area contributed by atoms with Gasteiger partial charge in [-0.25, -0.2) is 4.79 Å². The molecule has 2 amide bonds. The number of nitrogens with one attached hydrogen (secondary N) is 2. The summed E-state index contributed by atoms with van der Waals surface area (Å²) < 4.78 is 0. The van der Waals surface area contributed by atoms with E-state index in [1.807, 2.05) is 6.07 Å². The van der Waals surface area contributed by atoms with Gasteiger partial charge >= 0.3 is 6.03 Å². The van der Waals surface area contributed by atoms with E-state index in [1.165, 1.54) is 12.1 Å². The number of carbonyl (C=O) groups is 1. The van der Waals surface area contributed by atoms with E-state index >= 15 is 0 Å². The fraction of sp³-hybridized carbons (Fsp3) is 0.133. The number of non-ortho nitro benzene ring substituents is 1. The maximum Gasteiger partial charge on any atom is 0.323 e. The highest BCUT2D eigenvalue weighted by molar-refractivity contribution is 6.02. The normalized spacial score (nSPS) is 9.91. The highest BCUT2D eigenvalue weighted by Gasteiger charge is 2.14. The minimum absolute atomic E-state index is 0.0828. The van der Waals surface area contributed by atoms with Crippen LogP contribution in [0.4, 0.5) is 27.5 Å². The minimum atomic E-state index is -0.500. The molecule has 0 aliphatic heterocycles. The predicted molar refractivity (Wildman–Crippen MR) is 86.5 cm³/mol. The summed E-state index contributed by atoms with van der Waals surface area (Å²) in [6, 6.07) is 12.8. The smallest absolute Gasteiger partial charge is 0.323 e. The molecule has 0 heterocycles. The topological polar surface area (TPSA) is 87.5 Å². The molecular formula is C15H16N4O3. The van der Waals surface area contributed by atoms with Crippen molar-refractivity contribution in [3.8, 4) is 0 Å². The first-order valence-electron chi connectivity index (χ1n) is 6.56. The molecule has 0 bridgehead atoms. The number of nitro benzene ring substituents is 1. The highest BCUT2D eigenvalue weighted by Crippen LogP contribution is 2.29. The van der Waals surface area contributed by atoms with Gasteiger partial charge in [-0.1, -0.05) is 18.2 Å². The minimum Gasteiger partial charge on any atom is -0.376 e. The number of urea groups is 1. The molecule has 2 aromatic rings. The summed E-state index contributed by atoms with van der Waals surface area (Å²) in [6.45, 7) is 0. The van der Waals surface area contributed by atoms with Crippen molar-refractivity contribution in [2.45, 2.75) is 0 Å². The fourth-order valence-electron chi connectivity index (χ4n) is 1.93. The van der Waals surface area contributed by atoms with E-state index in [-0.39, 0.29) is 5.69 Å². The molecule has 0 aromatic heterocycles. The number of hydrogen-bond donors (Lipinski definition) is 2. The standard InChI is InChI=1S/C15H16N4O3/c1-18(2)14-9-8-12(19(21)22)10-13(14)17-15(20)16-11-6-4-3-5-7-11/h3-10H,1-2H3,(H2,16,17,20). The SMILES string of the molecule is CN(C)c1ccc([N+](=O)[O-])cc1NC(=O)Nc1ccccc1. The maximum absolute atomic E-state index is 12.0. The quantitative estimate of drug-likeness (QED) is 0.670. The molecular weight excluding hydrogens is 284 g/mol. The lowest BCUT2D eigenvalue weighted by atomic mass is 10.2. The molecule has 0 atom stereocenters. The number of carbonyl (C=O) groups excluding carboxylic acids is 1. The first kappa shape index (κ1) is 15.3. The summed E-state index contributed by atoms with van der Waals surface area (Å²) in [4.78, 5) is 24.2. The molecule has 0 saturated heterocycles. The second-order valence-electron chi connectivity index (χ2n) is 4.80. The van der Waals surface area contributed by atoms with Crippen LogP contribution in [0, 0.1) is 10.1 Å². The van der Waals surface area contributed by atoms with Crippen molar-refractivity contribution in [1.82, 2.24) is 0 Å². The van der Waals surface area contributed by atoms with E-state index in [0.717, 1.165) is 0 Å². The summed E-state index contributed by atoms with van der Waals surface area (Å²) in [7, 11) is 3.59. The Balaban J connectivity index is 2.21. The Morgan fingerprint density at radius 3 is 2.36 bits per heavy atom. The zero-order valence-electron chi connectivity index (χ0n) is 12.2. The second-order valence-corrected chi connectivity index (χ2v) is 4.80. The van der Waals surface area contributed by atoms with Crippen LogP contribution in [0.15, 0.2) is 48.5 Å². The number of rotatable bonds is 4. The van der Waals surface area contributed by atoms with Gasteiger partial charge in [0, 0.05) is 31.9 Å². The monoisotopic (exact) mass is 300 g/mol. The fourth-order valence-corrected chi connectivity index (χ4v) is 1.93. The van der Waals surface area contributed by atoms with Gasteiger partial charge in [-0.15, -0.1) is 0 Å². The Labute approximate surface area is 127 Å². The van der Waals surface area contributed by atoms with Gasteiger partial charge in [0.1, 0.15) is 0 Å². The number of benzene rings is 2. The molecule has 2 rings (SSSR count). The van der Waals surface area contributed by atoms with E-state index in [2.05, 4.69) is 10.6 Å². The van der Waals surface area contributed by atoms with Gasteiger partial charge in [0.25, 0.3) is 5.69 Å². The van der Waals surface area contributed by atoms with Crippen molar-refractivity contribution >= 4 is 28.8 Å². The van der Waals surface area contributed by atoms with Gasteiger partial charge in [0.15, 0.2) is 0 Å². The molecule has 114 valence electrons. The van der Waals surface area contributed by atoms with E-state index < -0.39 is 11.0 Å². The Morgan fingerprint density at radius 2 is 1.77 bits per heavy atom. The lowest BCUT2D eigenvalue weighted by molar-refractivity contribution is -0.384. The first-order chi connectivity index (χ1) is 10.5. The molecule has 2 N–H and O–H groups in total. The van der Waals surface area contributed by atoms with Crippen LogP contribution < -0.4 is 15.5 Å². The van der Waals surface area contributed by atoms with Crippen LogP contribution in [0.5, 0.6) is 0 Å². The van der Waals surface area contributed by atoms with Crippen molar-refractivity contribution in [1.29, 1.82) is 0 Å². The largest absolute Gasteiger partial charge is 0.376 e. The third kappa shape index (κ3) is 3.72. The van der Waals surface area contributed by atoms with E-state index in [1.54, 1.807) is 49.3 Å². The molecule has 0 aliphatic carbocycles. The second kappa shape index (κ2) is 6.57. The number of nitro groups is 1.